The molecule has 1 aromatic carbocycles. The largest absolute Gasteiger partial charge is 0.492 e. The summed E-state index contributed by atoms with van der Waals surface area (Å²) in [7, 11) is 1.40. The monoisotopic (exact) mass is 248 g/mol. The Balaban J connectivity index is 2.79. The molecule has 6 nitrogen and oxygen atoms in total. The van der Waals surface area contributed by atoms with Crippen LogP contribution >= 0.6 is 0 Å². The fraction of sp³-hybridized carbons (Fsp3) is 0.167. The number of carbonyl (C=O) groups excluding carboxylic acids is 1. The van der Waals surface area contributed by atoms with E-state index in [0.717, 1.165) is 0 Å². The molecule has 1 aromatic heterocycles. The number of hydrogen-bond donors (Lipinski definition) is 2. The second-order valence-corrected chi connectivity index (χ2v) is 3.72. The van der Waals surface area contributed by atoms with Gasteiger partial charge in [0.1, 0.15) is 0 Å². The predicted molar refractivity (Wildman–Crippen MR) is 66.8 cm³/mol. The molecule has 0 radical (unpaired) electrons. The highest BCUT2D eigenvalue weighted by molar-refractivity contribution is 5.90. The van der Waals surface area contributed by atoms with Gasteiger partial charge in [-0.2, -0.15) is 0 Å². The second kappa shape index (κ2) is 4.40. The number of carbonyl (C=O) groups is 1. The first-order valence-electron chi connectivity index (χ1n) is 5.21. The highest BCUT2D eigenvalue weighted by atomic mass is 16.6. The number of aromatic nitrogens is 1. The summed E-state index contributed by atoms with van der Waals surface area (Å²) < 4.78 is 10.0. The van der Waals surface area contributed by atoms with Crippen LogP contribution in [-0.4, -0.2) is 18.1 Å². The number of rotatable bonds is 2. The normalized spacial score (nSPS) is 10.3. The summed E-state index contributed by atoms with van der Waals surface area (Å²) in [6.45, 7) is 1.21. The van der Waals surface area contributed by atoms with Crippen molar-refractivity contribution in [3.63, 3.8) is 0 Å². The van der Waals surface area contributed by atoms with E-state index in [1.54, 1.807) is 18.2 Å². The summed E-state index contributed by atoms with van der Waals surface area (Å²) in [4.78, 5) is 25.4. The van der Waals surface area contributed by atoms with Gasteiger partial charge >= 0.3 is 5.97 Å². The van der Waals surface area contributed by atoms with E-state index in [1.807, 2.05) is 0 Å². The Labute approximate surface area is 102 Å². The second-order valence-electron chi connectivity index (χ2n) is 3.72. The van der Waals surface area contributed by atoms with Crippen LogP contribution in [0.2, 0.25) is 0 Å². The number of methoxy groups -OCH3 is 1. The number of fused-ring (bicyclic) bond motifs is 1. The summed E-state index contributed by atoms with van der Waals surface area (Å²) >= 11 is 0. The molecule has 18 heavy (non-hydrogen) atoms. The van der Waals surface area contributed by atoms with Crippen molar-refractivity contribution in [1.29, 1.82) is 0 Å². The van der Waals surface area contributed by atoms with Crippen LogP contribution in [0.4, 0.5) is 5.69 Å². The Hall–Kier alpha value is -2.50. The third-order valence-corrected chi connectivity index (χ3v) is 2.40. The van der Waals surface area contributed by atoms with Gasteiger partial charge in [-0.1, -0.05) is 0 Å². The third kappa shape index (κ3) is 2.00. The number of anilines is 1. The number of aromatic amines is 1. The summed E-state index contributed by atoms with van der Waals surface area (Å²) in [5, 5.41) is 0.613. The lowest BCUT2D eigenvalue weighted by molar-refractivity contribution is -0.132. The summed E-state index contributed by atoms with van der Waals surface area (Å²) in [6, 6.07) is 4.96. The molecule has 0 atom stereocenters. The quantitative estimate of drug-likeness (QED) is 0.611. The summed E-state index contributed by atoms with van der Waals surface area (Å²) in [5.41, 5.74) is 6.13. The Morgan fingerprint density at radius 2 is 2.06 bits per heavy atom. The standard InChI is InChI=1S/C12H12N2O4/c1-6(15)18-11-10(17-2)8-4-3-7(13)5-9(8)14-12(11)16/h3-5H,13H2,1-2H3,(H,14,16). The van der Waals surface area contributed by atoms with Gasteiger partial charge in [0.2, 0.25) is 5.75 Å². The lowest BCUT2D eigenvalue weighted by Crippen LogP contribution is -2.15. The lowest BCUT2D eigenvalue weighted by Gasteiger charge is -2.10. The van der Waals surface area contributed by atoms with E-state index in [-0.39, 0.29) is 11.5 Å². The smallest absolute Gasteiger partial charge is 0.308 e. The maximum Gasteiger partial charge on any atom is 0.308 e. The molecule has 3 N–H and O–H groups in total. The van der Waals surface area contributed by atoms with Crippen LogP contribution in [0.25, 0.3) is 10.9 Å². The molecule has 2 rings (SSSR count). The van der Waals surface area contributed by atoms with Gasteiger partial charge in [0, 0.05) is 18.0 Å². The summed E-state index contributed by atoms with van der Waals surface area (Å²) in [6.07, 6.45) is 0. The van der Waals surface area contributed by atoms with Crippen molar-refractivity contribution in [2.45, 2.75) is 6.92 Å². The Morgan fingerprint density at radius 3 is 2.67 bits per heavy atom. The van der Waals surface area contributed by atoms with E-state index in [4.69, 9.17) is 15.2 Å². The molecule has 0 saturated heterocycles. The highest BCUT2D eigenvalue weighted by Gasteiger charge is 2.16. The molecule has 0 bridgehead atoms. The molecule has 2 aromatic rings. The van der Waals surface area contributed by atoms with E-state index in [2.05, 4.69) is 4.98 Å². The van der Waals surface area contributed by atoms with E-state index in [0.29, 0.717) is 16.6 Å². The molecular formula is C12H12N2O4. The van der Waals surface area contributed by atoms with Crippen LogP contribution in [0, 0.1) is 0 Å². The molecule has 0 amide bonds. The van der Waals surface area contributed by atoms with Crippen molar-refractivity contribution in [1.82, 2.24) is 4.98 Å². The van der Waals surface area contributed by atoms with Crippen LogP contribution in [0.5, 0.6) is 11.5 Å². The maximum atomic E-state index is 11.8. The van der Waals surface area contributed by atoms with Crippen molar-refractivity contribution >= 4 is 22.6 Å². The Kier molecular flexibility index (Phi) is 2.93. The number of hydrogen-bond acceptors (Lipinski definition) is 5. The first-order valence-corrected chi connectivity index (χ1v) is 5.21. The van der Waals surface area contributed by atoms with E-state index in [9.17, 15) is 9.59 Å². The number of nitrogens with one attached hydrogen (secondary N) is 1. The fourth-order valence-electron chi connectivity index (χ4n) is 1.71. The Morgan fingerprint density at radius 1 is 1.33 bits per heavy atom. The Bertz CT molecular complexity index is 676. The van der Waals surface area contributed by atoms with Crippen LogP contribution in [-0.2, 0) is 4.79 Å². The van der Waals surface area contributed by atoms with Crippen molar-refractivity contribution < 1.29 is 14.3 Å². The molecule has 0 aliphatic rings. The summed E-state index contributed by atoms with van der Waals surface area (Å²) in [5.74, 6) is -0.528. The lowest BCUT2D eigenvalue weighted by atomic mass is 10.2. The average Bonchev–Trinajstić information content (AvgIpc) is 2.29. The fourth-order valence-corrected chi connectivity index (χ4v) is 1.71. The molecule has 0 unspecified atom stereocenters. The van der Waals surface area contributed by atoms with Crippen molar-refractivity contribution in [2.75, 3.05) is 12.8 Å². The van der Waals surface area contributed by atoms with Crippen molar-refractivity contribution in [3.8, 4) is 11.5 Å². The van der Waals surface area contributed by atoms with Gasteiger partial charge < -0.3 is 20.2 Å². The van der Waals surface area contributed by atoms with Crippen LogP contribution in [0.15, 0.2) is 23.0 Å². The number of H-pyrrole nitrogens is 1. The van der Waals surface area contributed by atoms with Gasteiger partial charge in [0.15, 0.2) is 5.75 Å². The van der Waals surface area contributed by atoms with Gasteiger partial charge in [-0.25, -0.2) is 0 Å². The van der Waals surface area contributed by atoms with Gasteiger partial charge in [-0.05, 0) is 18.2 Å². The molecule has 0 aliphatic heterocycles. The molecule has 0 saturated carbocycles. The first-order chi connectivity index (χ1) is 8.52. The molecule has 6 heteroatoms. The SMILES string of the molecule is COc1c(OC(C)=O)c(=O)[nH]c2cc(N)ccc12. The third-order valence-electron chi connectivity index (χ3n) is 2.40. The molecular weight excluding hydrogens is 236 g/mol. The minimum atomic E-state index is -0.589. The molecule has 0 spiro atoms. The molecule has 1 heterocycles. The topological polar surface area (TPSA) is 94.4 Å². The maximum absolute atomic E-state index is 11.8. The van der Waals surface area contributed by atoms with Gasteiger partial charge in [0.25, 0.3) is 5.56 Å². The average molecular weight is 248 g/mol. The van der Waals surface area contributed by atoms with Crippen LogP contribution < -0.4 is 20.8 Å². The zero-order chi connectivity index (χ0) is 13.3. The zero-order valence-electron chi connectivity index (χ0n) is 9.94. The van der Waals surface area contributed by atoms with Crippen molar-refractivity contribution in [2.24, 2.45) is 0 Å². The van der Waals surface area contributed by atoms with Gasteiger partial charge in [-0.3, -0.25) is 9.59 Å². The van der Waals surface area contributed by atoms with Gasteiger partial charge in [-0.15, -0.1) is 0 Å². The van der Waals surface area contributed by atoms with E-state index >= 15 is 0 Å². The number of benzene rings is 1. The van der Waals surface area contributed by atoms with Crippen LogP contribution in [0.1, 0.15) is 6.92 Å². The van der Waals surface area contributed by atoms with Crippen LogP contribution in [0.3, 0.4) is 0 Å². The molecule has 94 valence electrons. The van der Waals surface area contributed by atoms with E-state index in [1.165, 1.54) is 14.0 Å². The van der Waals surface area contributed by atoms with Crippen molar-refractivity contribution in [3.05, 3.63) is 28.6 Å². The number of nitrogens with two attached hydrogens (primary N) is 1. The number of pyridine rings is 1. The first kappa shape index (κ1) is 12.0. The van der Waals surface area contributed by atoms with E-state index < -0.39 is 11.5 Å². The molecule has 0 fully saturated rings. The number of ether oxygens (including phenoxy) is 2. The zero-order valence-corrected chi connectivity index (χ0v) is 9.94. The van der Waals surface area contributed by atoms with Gasteiger partial charge in [0.05, 0.1) is 12.6 Å². The number of esters is 1. The predicted octanol–water partition coefficient (Wildman–Crippen LogP) is 1.04. The highest BCUT2D eigenvalue weighted by Crippen LogP contribution is 2.31. The minimum Gasteiger partial charge on any atom is -0.492 e. The number of nitrogen functional groups attached to an aromatic ring is 1. The molecule has 0 aliphatic carbocycles. The minimum absolute atomic E-state index is 0.151.